The van der Waals surface area contributed by atoms with Crippen molar-refractivity contribution in [3.8, 4) is 5.88 Å². The molecule has 0 radical (unpaired) electrons. The summed E-state index contributed by atoms with van der Waals surface area (Å²) in [4.78, 5) is 8.24. The Labute approximate surface area is 69.8 Å². The molecular weight excluding hydrogens is 154 g/mol. The minimum Gasteiger partial charge on any atom is -0.482 e. The predicted molar refractivity (Wildman–Crippen MR) is 44.3 cm³/mol. The van der Waals surface area contributed by atoms with Gasteiger partial charge in [-0.05, 0) is 6.92 Å². The second kappa shape index (κ2) is 2.48. The van der Waals surface area contributed by atoms with Gasteiger partial charge in [0, 0.05) is 11.8 Å². The molecule has 0 spiro atoms. The van der Waals surface area contributed by atoms with Gasteiger partial charge in [0.15, 0.2) is 5.65 Å². The van der Waals surface area contributed by atoms with Crippen LogP contribution in [0, 0.1) is 6.92 Å². The quantitative estimate of drug-likeness (QED) is 0.630. The van der Waals surface area contributed by atoms with Crippen LogP contribution in [0.3, 0.4) is 0 Å². The maximum Gasteiger partial charge on any atom is 0.202 e. The van der Waals surface area contributed by atoms with Crippen molar-refractivity contribution in [1.82, 2.24) is 14.4 Å². The molecule has 0 unspecified atom stereocenters. The third-order valence-electron chi connectivity index (χ3n) is 1.69. The molecule has 2 heterocycles. The van der Waals surface area contributed by atoms with E-state index in [4.69, 9.17) is 4.74 Å². The third-order valence-corrected chi connectivity index (χ3v) is 1.69. The SMILES string of the molecule is COc1cc(C)nc2cncn12. The summed E-state index contributed by atoms with van der Waals surface area (Å²) in [6, 6.07) is 1.87. The number of methoxy groups -OCH3 is 1. The molecule has 4 nitrogen and oxygen atoms in total. The minimum atomic E-state index is 0.759. The first-order valence-corrected chi connectivity index (χ1v) is 3.65. The first kappa shape index (κ1) is 7.09. The van der Waals surface area contributed by atoms with Gasteiger partial charge in [0.1, 0.15) is 6.33 Å². The van der Waals surface area contributed by atoms with Crippen molar-refractivity contribution < 1.29 is 4.74 Å². The number of hydrogen-bond acceptors (Lipinski definition) is 3. The maximum atomic E-state index is 5.15. The number of nitrogens with zero attached hydrogens (tertiary/aromatic N) is 3. The van der Waals surface area contributed by atoms with Gasteiger partial charge in [0.05, 0.1) is 13.3 Å². The van der Waals surface area contributed by atoms with Crippen molar-refractivity contribution in [3.05, 3.63) is 24.3 Å². The number of aromatic nitrogens is 3. The molecule has 0 saturated heterocycles. The normalized spacial score (nSPS) is 10.5. The van der Waals surface area contributed by atoms with E-state index in [1.54, 1.807) is 24.0 Å². The van der Waals surface area contributed by atoms with Crippen LogP contribution in [0.25, 0.3) is 5.65 Å². The Morgan fingerprint density at radius 3 is 3.08 bits per heavy atom. The highest BCUT2D eigenvalue weighted by Crippen LogP contribution is 2.13. The van der Waals surface area contributed by atoms with Gasteiger partial charge < -0.3 is 4.74 Å². The van der Waals surface area contributed by atoms with E-state index < -0.39 is 0 Å². The standard InChI is InChI=1S/C8H9N3O/c1-6-3-8(12-2)11-5-9-4-7(11)10-6/h3-5H,1-2H3. The molecule has 0 N–H and O–H groups in total. The fourth-order valence-electron chi connectivity index (χ4n) is 1.16. The molecule has 0 atom stereocenters. The lowest BCUT2D eigenvalue weighted by molar-refractivity contribution is 0.391. The summed E-state index contributed by atoms with van der Waals surface area (Å²) < 4.78 is 6.95. The van der Waals surface area contributed by atoms with Crippen molar-refractivity contribution in [2.45, 2.75) is 6.92 Å². The number of ether oxygens (including phenoxy) is 1. The minimum absolute atomic E-state index is 0.759. The zero-order valence-electron chi connectivity index (χ0n) is 6.98. The monoisotopic (exact) mass is 163 g/mol. The molecule has 0 amide bonds. The molecule has 2 aromatic rings. The zero-order valence-corrected chi connectivity index (χ0v) is 6.98. The molecule has 4 heteroatoms. The lowest BCUT2D eigenvalue weighted by Gasteiger charge is -2.03. The summed E-state index contributed by atoms with van der Waals surface area (Å²) in [6.07, 6.45) is 3.39. The van der Waals surface area contributed by atoms with Gasteiger partial charge in [0.25, 0.3) is 0 Å². The van der Waals surface area contributed by atoms with Crippen molar-refractivity contribution in [1.29, 1.82) is 0 Å². The second-order valence-electron chi connectivity index (χ2n) is 2.56. The van der Waals surface area contributed by atoms with Crippen LogP contribution in [0.2, 0.25) is 0 Å². The lowest BCUT2D eigenvalue weighted by atomic mass is 10.4. The summed E-state index contributed by atoms with van der Waals surface area (Å²) >= 11 is 0. The van der Waals surface area contributed by atoms with Gasteiger partial charge in [-0.15, -0.1) is 0 Å². The highest BCUT2D eigenvalue weighted by molar-refractivity contribution is 5.40. The summed E-state index contributed by atoms with van der Waals surface area (Å²) in [5.74, 6) is 0.759. The molecule has 0 aliphatic heterocycles. The lowest BCUT2D eigenvalue weighted by Crippen LogP contribution is -1.95. The average Bonchev–Trinajstić information content (AvgIpc) is 2.50. The number of imidazole rings is 1. The van der Waals surface area contributed by atoms with Crippen molar-refractivity contribution in [3.63, 3.8) is 0 Å². The van der Waals surface area contributed by atoms with Crippen LogP contribution in [0.1, 0.15) is 5.69 Å². The van der Waals surface area contributed by atoms with Crippen LogP contribution in [-0.2, 0) is 0 Å². The maximum absolute atomic E-state index is 5.15. The van der Waals surface area contributed by atoms with Crippen LogP contribution in [-0.4, -0.2) is 21.5 Å². The van der Waals surface area contributed by atoms with Crippen LogP contribution in [0.4, 0.5) is 0 Å². The molecule has 0 aliphatic rings. The summed E-state index contributed by atoms with van der Waals surface area (Å²) in [5.41, 5.74) is 1.74. The molecule has 0 saturated carbocycles. The highest BCUT2D eigenvalue weighted by atomic mass is 16.5. The Morgan fingerprint density at radius 1 is 1.50 bits per heavy atom. The van der Waals surface area contributed by atoms with Gasteiger partial charge in [0.2, 0.25) is 5.88 Å². The highest BCUT2D eigenvalue weighted by Gasteiger charge is 2.01. The fourth-order valence-corrected chi connectivity index (χ4v) is 1.16. The number of rotatable bonds is 1. The molecule has 62 valence electrons. The third kappa shape index (κ3) is 0.922. The number of hydrogen-bond donors (Lipinski definition) is 0. The van der Waals surface area contributed by atoms with Gasteiger partial charge in [-0.25, -0.2) is 9.97 Å². The van der Waals surface area contributed by atoms with Gasteiger partial charge in [-0.3, -0.25) is 4.40 Å². The largest absolute Gasteiger partial charge is 0.482 e. The number of fused-ring (bicyclic) bond motifs is 1. The van der Waals surface area contributed by atoms with E-state index in [0.717, 1.165) is 17.2 Å². The Balaban J connectivity index is 2.80. The summed E-state index contributed by atoms with van der Waals surface area (Å²) in [7, 11) is 1.63. The summed E-state index contributed by atoms with van der Waals surface area (Å²) in [5, 5.41) is 0. The van der Waals surface area contributed by atoms with Crippen LogP contribution < -0.4 is 4.74 Å². The zero-order chi connectivity index (χ0) is 8.55. The van der Waals surface area contributed by atoms with E-state index >= 15 is 0 Å². The molecular formula is C8H9N3O. The van der Waals surface area contributed by atoms with E-state index in [2.05, 4.69) is 9.97 Å². The van der Waals surface area contributed by atoms with E-state index in [9.17, 15) is 0 Å². The van der Waals surface area contributed by atoms with E-state index in [0.29, 0.717) is 0 Å². The predicted octanol–water partition coefficient (Wildman–Crippen LogP) is 1.05. The second-order valence-corrected chi connectivity index (χ2v) is 2.56. The van der Waals surface area contributed by atoms with E-state index in [-0.39, 0.29) is 0 Å². The smallest absolute Gasteiger partial charge is 0.202 e. The van der Waals surface area contributed by atoms with Crippen LogP contribution in [0.5, 0.6) is 5.88 Å². The molecule has 2 aromatic heterocycles. The summed E-state index contributed by atoms with van der Waals surface area (Å²) in [6.45, 7) is 1.93. The first-order chi connectivity index (χ1) is 5.81. The molecule has 12 heavy (non-hydrogen) atoms. The Morgan fingerprint density at radius 2 is 2.33 bits per heavy atom. The van der Waals surface area contributed by atoms with Gasteiger partial charge in [-0.2, -0.15) is 0 Å². The van der Waals surface area contributed by atoms with Gasteiger partial charge in [-0.1, -0.05) is 0 Å². The topological polar surface area (TPSA) is 39.4 Å². The molecule has 0 bridgehead atoms. The average molecular weight is 163 g/mol. The molecule has 0 aromatic carbocycles. The van der Waals surface area contributed by atoms with E-state index in [1.165, 1.54) is 0 Å². The first-order valence-electron chi connectivity index (χ1n) is 3.65. The van der Waals surface area contributed by atoms with Crippen molar-refractivity contribution >= 4 is 5.65 Å². The Hall–Kier alpha value is -1.58. The Bertz CT molecular complexity index is 408. The van der Waals surface area contributed by atoms with Gasteiger partial charge >= 0.3 is 0 Å². The molecule has 0 fully saturated rings. The number of aryl methyl sites for hydroxylation is 1. The van der Waals surface area contributed by atoms with Crippen LogP contribution in [0.15, 0.2) is 18.6 Å². The van der Waals surface area contributed by atoms with E-state index in [1.807, 2.05) is 13.0 Å². The van der Waals surface area contributed by atoms with Crippen LogP contribution >= 0.6 is 0 Å². The van der Waals surface area contributed by atoms with Crippen molar-refractivity contribution in [2.75, 3.05) is 7.11 Å². The molecule has 0 aliphatic carbocycles. The fraction of sp³-hybridized carbons (Fsp3) is 0.250. The molecule has 2 rings (SSSR count). The van der Waals surface area contributed by atoms with Crippen molar-refractivity contribution in [2.24, 2.45) is 0 Å². The Kier molecular flexibility index (Phi) is 1.46.